The highest BCUT2D eigenvalue weighted by molar-refractivity contribution is 5.94. The number of hydrogen-bond donors (Lipinski definition) is 1. The minimum Gasteiger partial charge on any atom is -0.343 e. The van der Waals surface area contributed by atoms with E-state index in [1.165, 1.54) is 0 Å². The zero-order chi connectivity index (χ0) is 10.4. The Hall–Kier alpha value is -1.75. The molecule has 0 aromatic heterocycles. The van der Waals surface area contributed by atoms with Gasteiger partial charge in [-0.3, -0.25) is 4.79 Å². The van der Waals surface area contributed by atoms with E-state index in [9.17, 15) is 4.79 Å². The van der Waals surface area contributed by atoms with E-state index in [1.807, 2.05) is 44.2 Å². The highest BCUT2D eigenvalue weighted by Gasteiger charge is 1.96. The van der Waals surface area contributed by atoms with Crippen molar-refractivity contribution in [3.8, 4) is 11.8 Å². The lowest BCUT2D eigenvalue weighted by atomic mass is 10.2. The predicted molar refractivity (Wildman–Crippen MR) is 56.6 cm³/mol. The first-order valence-electron chi connectivity index (χ1n) is 4.56. The van der Waals surface area contributed by atoms with Crippen LogP contribution in [0.15, 0.2) is 30.3 Å². The number of carbonyl (C=O) groups excluding carboxylic acids is 1. The molecule has 0 aliphatic heterocycles. The molecule has 72 valence electrons. The summed E-state index contributed by atoms with van der Waals surface area (Å²) in [5.74, 6) is 5.09. The van der Waals surface area contributed by atoms with Crippen molar-refractivity contribution in [2.75, 3.05) is 0 Å². The van der Waals surface area contributed by atoms with Gasteiger partial charge in [0.2, 0.25) is 0 Å². The summed E-state index contributed by atoms with van der Waals surface area (Å²) in [6, 6.07) is 9.58. The molecule has 0 bridgehead atoms. The van der Waals surface area contributed by atoms with Gasteiger partial charge in [0.05, 0.1) is 0 Å². The van der Waals surface area contributed by atoms with Crippen LogP contribution in [0.3, 0.4) is 0 Å². The molecule has 0 aliphatic rings. The summed E-state index contributed by atoms with van der Waals surface area (Å²) in [6.45, 7) is 3.81. The molecule has 0 saturated heterocycles. The van der Waals surface area contributed by atoms with Crippen LogP contribution in [0.4, 0.5) is 0 Å². The van der Waals surface area contributed by atoms with Crippen LogP contribution >= 0.6 is 0 Å². The highest BCUT2D eigenvalue weighted by Crippen LogP contribution is 1.94. The second-order valence-electron chi connectivity index (χ2n) is 3.24. The molecule has 1 aromatic carbocycles. The van der Waals surface area contributed by atoms with Crippen molar-refractivity contribution in [3.05, 3.63) is 35.9 Å². The Balaban J connectivity index is 2.60. The number of nitrogens with one attached hydrogen (secondary N) is 1. The first-order chi connectivity index (χ1) is 6.68. The van der Waals surface area contributed by atoms with Crippen molar-refractivity contribution in [1.29, 1.82) is 0 Å². The van der Waals surface area contributed by atoms with Crippen LogP contribution in [0.2, 0.25) is 0 Å². The van der Waals surface area contributed by atoms with Crippen molar-refractivity contribution >= 4 is 5.91 Å². The van der Waals surface area contributed by atoms with E-state index < -0.39 is 0 Å². The molecule has 1 aromatic rings. The van der Waals surface area contributed by atoms with Crippen LogP contribution in [0, 0.1) is 11.8 Å². The van der Waals surface area contributed by atoms with Crippen LogP contribution in [-0.4, -0.2) is 11.9 Å². The van der Waals surface area contributed by atoms with E-state index in [4.69, 9.17) is 0 Å². The van der Waals surface area contributed by atoms with Crippen LogP contribution in [-0.2, 0) is 4.79 Å². The standard InChI is InChI=1S/C12H13NO/c1-10(2)13-12(14)9-8-11-6-4-3-5-7-11/h3-7,10H,1-2H3,(H,13,14). The number of rotatable bonds is 1. The number of carbonyl (C=O) groups is 1. The molecule has 0 atom stereocenters. The summed E-state index contributed by atoms with van der Waals surface area (Å²) in [5.41, 5.74) is 0.853. The van der Waals surface area contributed by atoms with Crippen molar-refractivity contribution in [1.82, 2.24) is 5.32 Å². The van der Waals surface area contributed by atoms with E-state index in [1.54, 1.807) is 0 Å². The van der Waals surface area contributed by atoms with Crippen LogP contribution < -0.4 is 5.32 Å². The molecule has 1 N–H and O–H groups in total. The molecule has 0 saturated carbocycles. The molecule has 0 unspecified atom stereocenters. The Morgan fingerprint density at radius 3 is 2.50 bits per heavy atom. The maximum Gasteiger partial charge on any atom is 0.296 e. The summed E-state index contributed by atoms with van der Waals surface area (Å²) in [5, 5.41) is 2.70. The third-order valence-corrected chi connectivity index (χ3v) is 1.51. The van der Waals surface area contributed by atoms with E-state index in [2.05, 4.69) is 17.2 Å². The molecular weight excluding hydrogens is 174 g/mol. The first kappa shape index (κ1) is 10.3. The molecule has 0 aliphatic carbocycles. The Morgan fingerprint density at radius 2 is 1.93 bits per heavy atom. The lowest BCUT2D eigenvalue weighted by Gasteiger charge is -2.01. The number of benzene rings is 1. The van der Waals surface area contributed by atoms with Gasteiger partial charge in [-0.1, -0.05) is 24.1 Å². The number of hydrogen-bond acceptors (Lipinski definition) is 1. The van der Waals surface area contributed by atoms with Gasteiger partial charge in [-0.25, -0.2) is 0 Å². The van der Waals surface area contributed by atoms with Gasteiger partial charge in [0.1, 0.15) is 0 Å². The summed E-state index contributed by atoms with van der Waals surface area (Å²) >= 11 is 0. The lowest BCUT2D eigenvalue weighted by molar-refractivity contribution is -0.116. The minimum absolute atomic E-state index is 0.132. The highest BCUT2D eigenvalue weighted by atomic mass is 16.1. The molecule has 14 heavy (non-hydrogen) atoms. The Kier molecular flexibility index (Phi) is 3.75. The van der Waals surface area contributed by atoms with Crippen molar-refractivity contribution < 1.29 is 4.79 Å². The summed E-state index contributed by atoms with van der Waals surface area (Å²) < 4.78 is 0. The van der Waals surface area contributed by atoms with Gasteiger partial charge in [-0.05, 0) is 26.0 Å². The summed E-state index contributed by atoms with van der Waals surface area (Å²) in [7, 11) is 0. The van der Waals surface area contributed by atoms with Gasteiger partial charge < -0.3 is 5.32 Å². The maximum atomic E-state index is 11.1. The second kappa shape index (κ2) is 5.08. The molecule has 1 rings (SSSR count). The quantitative estimate of drug-likeness (QED) is 0.664. The lowest BCUT2D eigenvalue weighted by Crippen LogP contribution is -2.28. The molecule has 1 amide bonds. The van der Waals surface area contributed by atoms with E-state index in [-0.39, 0.29) is 11.9 Å². The molecule has 2 nitrogen and oxygen atoms in total. The monoisotopic (exact) mass is 187 g/mol. The smallest absolute Gasteiger partial charge is 0.296 e. The molecule has 0 fully saturated rings. The van der Waals surface area contributed by atoms with Crippen molar-refractivity contribution in [3.63, 3.8) is 0 Å². The SMILES string of the molecule is CC(C)NC(=O)C#Cc1ccccc1. The van der Waals surface area contributed by atoms with Gasteiger partial charge in [-0.15, -0.1) is 0 Å². The average molecular weight is 187 g/mol. The molecule has 0 radical (unpaired) electrons. The van der Waals surface area contributed by atoms with E-state index in [0.29, 0.717) is 0 Å². The molecule has 0 heterocycles. The van der Waals surface area contributed by atoms with E-state index >= 15 is 0 Å². The Morgan fingerprint density at radius 1 is 1.29 bits per heavy atom. The second-order valence-corrected chi connectivity index (χ2v) is 3.24. The van der Waals surface area contributed by atoms with Gasteiger partial charge in [-0.2, -0.15) is 0 Å². The van der Waals surface area contributed by atoms with Gasteiger partial charge >= 0.3 is 0 Å². The summed E-state index contributed by atoms with van der Waals surface area (Å²) in [6.07, 6.45) is 0. The van der Waals surface area contributed by atoms with Crippen LogP contribution in [0.25, 0.3) is 0 Å². The average Bonchev–Trinajstić information content (AvgIpc) is 2.15. The zero-order valence-corrected chi connectivity index (χ0v) is 8.37. The summed E-state index contributed by atoms with van der Waals surface area (Å²) in [4.78, 5) is 11.1. The fourth-order valence-electron chi connectivity index (χ4n) is 0.949. The predicted octanol–water partition coefficient (Wildman–Crippen LogP) is 1.56. The fraction of sp³-hybridized carbons (Fsp3) is 0.250. The van der Waals surface area contributed by atoms with Gasteiger partial charge in [0, 0.05) is 17.5 Å². The third-order valence-electron chi connectivity index (χ3n) is 1.51. The molecule has 2 heteroatoms. The zero-order valence-electron chi connectivity index (χ0n) is 8.37. The van der Waals surface area contributed by atoms with E-state index in [0.717, 1.165) is 5.56 Å². The topological polar surface area (TPSA) is 29.1 Å². The van der Waals surface area contributed by atoms with Gasteiger partial charge in [0.15, 0.2) is 0 Å². The van der Waals surface area contributed by atoms with Crippen molar-refractivity contribution in [2.45, 2.75) is 19.9 Å². The largest absolute Gasteiger partial charge is 0.343 e. The van der Waals surface area contributed by atoms with Gasteiger partial charge in [0.25, 0.3) is 5.91 Å². The van der Waals surface area contributed by atoms with Crippen LogP contribution in [0.1, 0.15) is 19.4 Å². The molecular formula is C12H13NO. The third kappa shape index (κ3) is 3.77. The first-order valence-corrected chi connectivity index (χ1v) is 4.56. The number of amides is 1. The normalized spacial score (nSPS) is 9.07. The Labute approximate surface area is 84.3 Å². The fourth-order valence-corrected chi connectivity index (χ4v) is 0.949. The van der Waals surface area contributed by atoms with Crippen molar-refractivity contribution in [2.24, 2.45) is 0 Å². The minimum atomic E-state index is -0.233. The molecule has 0 spiro atoms. The van der Waals surface area contributed by atoms with Crippen LogP contribution in [0.5, 0.6) is 0 Å². The maximum absolute atomic E-state index is 11.1. The Bertz CT molecular complexity index is 357.